The molecule has 0 aliphatic heterocycles. The number of nitrogens with two attached hydrogens (primary N) is 1. The van der Waals surface area contributed by atoms with Crippen LogP contribution in [0.5, 0.6) is 0 Å². The zero-order valence-electron chi connectivity index (χ0n) is 13.4. The van der Waals surface area contributed by atoms with Crippen LogP contribution in [-0.4, -0.2) is 26.0 Å². The summed E-state index contributed by atoms with van der Waals surface area (Å²) in [5.41, 5.74) is 8.58. The Labute approximate surface area is 162 Å². The fourth-order valence-electron chi connectivity index (χ4n) is 1.86. The SMILES string of the molecule is Cn1cc(Br)c(-c2ccccn2)n1.N=CC(Br)=C(N)c1ccccn1. The molecular formula is C17H16Br2N6. The van der Waals surface area contributed by atoms with Gasteiger partial charge in [0.25, 0.3) is 0 Å². The highest BCUT2D eigenvalue weighted by Gasteiger charge is 2.07. The molecule has 0 saturated heterocycles. The van der Waals surface area contributed by atoms with Gasteiger partial charge >= 0.3 is 0 Å². The van der Waals surface area contributed by atoms with Gasteiger partial charge in [0.05, 0.1) is 26.0 Å². The van der Waals surface area contributed by atoms with Crippen LogP contribution >= 0.6 is 31.9 Å². The van der Waals surface area contributed by atoms with Crippen molar-refractivity contribution in [1.29, 1.82) is 5.41 Å². The third kappa shape index (κ3) is 5.33. The van der Waals surface area contributed by atoms with Crippen molar-refractivity contribution in [2.75, 3.05) is 0 Å². The monoisotopic (exact) mass is 462 g/mol. The highest BCUT2D eigenvalue weighted by Crippen LogP contribution is 2.23. The van der Waals surface area contributed by atoms with E-state index in [4.69, 9.17) is 11.1 Å². The standard InChI is InChI=1S/C9H8BrN3.C8H8BrN3/c1-13-6-7(10)9(12-13)8-4-2-3-5-11-8;9-6(5-10)8(11)7-3-1-2-4-12-7/h2-6H,1H3;1-5,10H,11H2. The van der Waals surface area contributed by atoms with Crippen molar-refractivity contribution in [3.05, 3.63) is 69.6 Å². The van der Waals surface area contributed by atoms with E-state index in [-0.39, 0.29) is 0 Å². The summed E-state index contributed by atoms with van der Waals surface area (Å²) < 4.78 is 3.27. The Hall–Kier alpha value is -2.32. The van der Waals surface area contributed by atoms with E-state index in [9.17, 15) is 0 Å². The van der Waals surface area contributed by atoms with Gasteiger partial charge in [-0.3, -0.25) is 14.6 Å². The molecule has 6 nitrogen and oxygen atoms in total. The van der Waals surface area contributed by atoms with Crippen LogP contribution in [0.15, 0.2) is 63.9 Å². The van der Waals surface area contributed by atoms with Crippen LogP contribution in [0.25, 0.3) is 17.1 Å². The molecule has 3 rings (SSSR count). The molecule has 0 saturated carbocycles. The van der Waals surface area contributed by atoms with Crippen molar-refractivity contribution in [3.8, 4) is 11.4 Å². The first kappa shape index (κ1) is 19.0. The lowest BCUT2D eigenvalue weighted by Gasteiger charge is -1.99. The highest BCUT2D eigenvalue weighted by atomic mass is 79.9. The second-order valence-electron chi connectivity index (χ2n) is 4.84. The molecule has 0 unspecified atom stereocenters. The smallest absolute Gasteiger partial charge is 0.125 e. The van der Waals surface area contributed by atoms with Gasteiger partial charge in [0.1, 0.15) is 5.69 Å². The van der Waals surface area contributed by atoms with Crippen LogP contribution in [0.4, 0.5) is 0 Å². The number of aryl methyl sites for hydroxylation is 1. The summed E-state index contributed by atoms with van der Waals surface area (Å²) in [6.45, 7) is 0. The van der Waals surface area contributed by atoms with Crippen molar-refractivity contribution in [1.82, 2.24) is 19.7 Å². The molecule has 3 N–H and O–H groups in total. The number of nitrogens with one attached hydrogen (secondary N) is 1. The van der Waals surface area contributed by atoms with E-state index in [0.717, 1.165) is 22.1 Å². The van der Waals surface area contributed by atoms with Gasteiger partial charge in [0.15, 0.2) is 0 Å². The number of allylic oxidation sites excluding steroid dienone is 1. The number of hydrogen-bond donors (Lipinski definition) is 2. The maximum atomic E-state index is 6.95. The molecule has 0 spiro atoms. The zero-order valence-corrected chi connectivity index (χ0v) is 16.6. The quantitative estimate of drug-likeness (QED) is 0.574. The normalized spacial score (nSPS) is 11.2. The van der Waals surface area contributed by atoms with Crippen molar-refractivity contribution < 1.29 is 0 Å². The molecule has 25 heavy (non-hydrogen) atoms. The number of nitrogens with zero attached hydrogens (tertiary/aromatic N) is 4. The van der Waals surface area contributed by atoms with E-state index < -0.39 is 0 Å². The number of halogens is 2. The van der Waals surface area contributed by atoms with Gasteiger partial charge in [0, 0.05) is 31.9 Å². The van der Waals surface area contributed by atoms with Gasteiger partial charge in [-0.2, -0.15) is 5.10 Å². The summed E-state index contributed by atoms with van der Waals surface area (Å²) in [5.74, 6) is 0. The van der Waals surface area contributed by atoms with E-state index >= 15 is 0 Å². The summed E-state index contributed by atoms with van der Waals surface area (Å²) in [5, 5.41) is 11.2. The Bertz CT molecular complexity index is 859. The lowest BCUT2D eigenvalue weighted by molar-refractivity contribution is 0.769. The van der Waals surface area contributed by atoms with Gasteiger partial charge < -0.3 is 11.1 Å². The molecular weight excluding hydrogens is 448 g/mol. The first-order valence-electron chi connectivity index (χ1n) is 7.20. The van der Waals surface area contributed by atoms with E-state index in [0.29, 0.717) is 15.9 Å². The fourth-order valence-corrected chi connectivity index (χ4v) is 2.64. The van der Waals surface area contributed by atoms with Gasteiger partial charge in [-0.05, 0) is 56.1 Å². The molecule has 3 heterocycles. The zero-order chi connectivity index (χ0) is 18.2. The van der Waals surface area contributed by atoms with Crippen LogP contribution in [0.3, 0.4) is 0 Å². The van der Waals surface area contributed by atoms with E-state index in [2.05, 4.69) is 46.9 Å². The predicted molar refractivity (Wildman–Crippen MR) is 107 cm³/mol. The van der Waals surface area contributed by atoms with Crippen LogP contribution in [-0.2, 0) is 7.05 Å². The van der Waals surface area contributed by atoms with Crippen molar-refractivity contribution in [2.45, 2.75) is 0 Å². The molecule has 0 fully saturated rings. The molecule has 3 aromatic rings. The molecule has 0 radical (unpaired) electrons. The molecule has 8 heteroatoms. The fraction of sp³-hybridized carbons (Fsp3) is 0.0588. The molecule has 0 aliphatic rings. The Kier molecular flexibility index (Phi) is 7.03. The number of rotatable bonds is 3. The summed E-state index contributed by atoms with van der Waals surface area (Å²) in [6.07, 6.45) is 6.47. The Morgan fingerprint density at radius 3 is 2.32 bits per heavy atom. The Morgan fingerprint density at radius 1 is 1.16 bits per heavy atom. The van der Waals surface area contributed by atoms with Gasteiger partial charge in [-0.15, -0.1) is 0 Å². The van der Waals surface area contributed by atoms with Gasteiger partial charge in [-0.25, -0.2) is 0 Å². The van der Waals surface area contributed by atoms with Crippen LogP contribution in [0.1, 0.15) is 5.69 Å². The van der Waals surface area contributed by atoms with E-state index in [1.807, 2.05) is 43.6 Å². The number of aromatic nitrogens is 4. The predicted octanol–water partition coefficient (Wildman–Crippen LogP) is 4.00. The maximum absolute atomic E-state index is 6.95. The van der Waals surface area contributed by atoms with Gasteiger partial charge in [-0.1, -0.05) is 12.1 Å². The summed E-state index contributed by atoms with van der Waals surface area (Å²) in [6, 6.07) is 11.2. The highest BCUT2D eigenvalue weighted by molar-refractivity contribution is 9.12. The Balaban J connectivity index is 0.000000181. The maximum Gasteiger partial charge on any atom is 0.125 e. The summed E-state index contributed by atoms with van der Waals surface area (Å²) in [4.78, 5) is 8.25. The second kappa shape index (κ2) is 9.24. The minimum atomic E-state index is 0.477. The van der Waals surface area contributed by atoms with Crippen molar-refractivity contribution >= 4 is 43.8 Å². The molecule has 3 aromatic heterocycles. The molecule has 128 valence electrons. The molecule has 0 aromatic carbocycles. The lowest BCUT2D eigenvalue weighted by Crippen LogP contribution is -2.00. The molecule has 0 bridgehead atoms. The van der Waals surface area contributed by atoms with Crippen molar-refractivity contribution in [3.63, 3.8) is 0 Å². The van der Waals surface area contributed by atoms with E-state index in [1.54, 1.807) is 23.1 Å². The van der Waals surface area contributed by atoms with Gasteiger partial charge in [0.2, 0.25) is 0 Å². The molecule has 0 amide bonds. The van der Waals surface area contributed by atoms with Crippen LogP contribution in [0, 0.1) is 5.41 Å². The number of pyridine rings is 2. The second-order valence-corrected chi connectivity index (χ2v) is 6.54. The average Bonchev–Trinajstić information content (AvgIpc) is 3.00. The van der Waals surface area contributed by atoms with Crippen LogP contribution in [0.2, 0.25) is 0 Å². The minimum absolute atomic E-state index is 0.477. The first-order valence-corrected chi connectivity index (χ1v) is 8.79. The van der Waals surface area contributed by atoms with E-state index in [1.165, 1.54) is 0 Å². The molecule has 0 atom stereocenters. The summed E-state index contributed by atoms with van der Waals surface area (Å²) in [7, 11) is 1.89. The van der Waals surface area contributed by atoms with Crippen LogP contribution < -0.4 is 5.73 Å². The third-order valence-electron chi connectivity index (χ3n) is 3.02. The number of hydrogen-bond acceptors (Lipinski definition) is 5. The summed E-state index contributed by atoms with van der Waals surface area (Å²) >= 11 is 6.58. The average molecular weight is 464 g/mol. The van der Waals surface area contributed by atoms with Crippen molar-refractivity contribution in [2.24, 2.45) is 12.8 Å². The topological polar surface area (TPSA) is 93.5 Å². The molecule has 0 aliphatic carbocycles. The largest absolute Gasteiger partial charge is 0.396 e. The third-order valence-corrected chi connectivity index (χ3v) is 4.25. The minimum Gasteiger partial charge on any atom is -0.396 e. The Morgan fingerprint density at radius 2 is 1.84 bits per heavy atom. The lowest BCUT2D eigenvalue weighted by atomic mass is 10.3. The first-order chi connectivity index (χ1) is 12.0.